The number of anilines is 1. The van der Waals surface area contributed by atoms with Gasteiger partial charge in [-0.2, -0.15) is 0 Å². The van der Waals surface area contributed by atoms with E-state index in [2.05, 4.69) is 41.5 Å². The van der Waals surface area contributed by atoms with Gasteiger partial charge in [-0.05, 0) is 74.9 Å². The third kappa shape index (κ3) is 7.05. The third-order valence-electron chi connectivity index (χ3n) is 5.46. The van der Waals surface area contributed by atoms with Crippen LogP contribution in [0, 0.1) is 13.8 Å². The number of carbonyl (C=O) groups is 2. The molecule has 2 aromatic carbocycles. The molecule has 38 heavy (non-hydrogen) atoms. The molecule has 0 unspecified atom stereocenters. The van der Waals surface area contributed by atoms with Crippen LogP contribution in [-0.2, 0) is 10.5 Å². The molecular weight excluding hydrogens is 568 g/mol. The molecule has 0 aliphatic heterocycles. The van der Waals surface area contributed by atoms with Crippen LogP contribution in [0.2, 0.25) is 0 Å². The standard InChI is InChI=1S/C27H27BrN6O3S/c1-4-5-14-37-26(36)19-6-10-21(11-7-19)31-25(35)24-23(16-38-27-29-17(2)15-18(3)30-27)34(33-32-24)22-12-8-20(28)9-13-22/h6-13,15H,4-5,14,16H2,1-3H3,(H,31,35). The van der Waals surface area contributed by atoms with Crippen molar-refractivity contribution in [2.75, 3.05) is 11.9 Å². The zero-order valence-corrected chi connectivity index (χ0v) is 23.7. The second-order valence-electron chi connectivity index (χ2n) is 8.52. The van der Waals surface area contributed by atoms with E-state index in [0.29, 0.717) is 34.5 Å². The summed E-state index contributed by atoms with van der Waals surface area (Å²) in [4.78, 5) is 34.4. The number of esters is 1. The highest BCUT2D eigenvalue weighted by molar-refractivity contribution is 9.10. The van der Waals surface area contributed by atoms with Crippen LogP contribution < -0.4 is 5.32 Å². The first kappa shape index (κ1) is 27.5. The first-order chi connectivity index (χ1) is 18.3. The van der Waals surface area contributed by atoms with Gasteiger partial charge in [0, 0.05) is 27.3 Å². The van der Waals surface area contributed by atoms with Gasteiger partial charge in [-0.15, -0.1) is 5.10 Å². The number of carbonyl (C=O) groups excluding carboxylic acids is 2. The van der Waals surface area contributed by atoms with Gasteiger partial charge in [0.2, 0.25) is 0 Å². The largest absolute Gasteiger partial charge is 0.462 e. The van der Waals surface area contributed by atoms with Crippen LogP contribution in [0.5, 0.6) is 0 Å². The predicted octanol–water partition coefficient (Wildman–Crippen LogP) is 5.94. The van der Waals surface area contributed by atoms with E-state index in [0.717, 1.165) is 34.4 Å². The maximum absolute atomic E-state index is 13.3. The second-order valence-corrected chi connectivity index (χ2v) is 10.4. The summed E-state index contributed by atoms with van der Waals surface area (Å²) in [5.41, 5.74) is 4.25. The second kappa shape index (κ2) is 12.8. The van der Waals surface area contributed by atoms with Gasteiger partial charge >= 0.3 is 5.97 Å². The van der Waals surface area contributed by atoms with Gasteiger partial charge in [-0.3, -0.25) is 4.79 Å². The van der Waals surface area contributed by atoms with Crippen molar-refractivity contribution in [3.8, 4) is 5.69 Å². The van der Waals surface area contributed by atoms with Crippen molar-refractivity contribution in [1.29, 1.82) is 0 Å². The average molecular weight is 596 g/mol. The fraction of sp³-hybridized carbons (Fsp3) is 0.259. The fourth-order valence-electron chi connectivity index (χ4n) is 3.56. The number of ether oxygens (including phenoxy) is 1. The monoisotopic (exact) mass is 594 g/mol. The van der Waals surface area contributed by atoms with E-state index in [-0.39, 0.29) is 11.7 Å². The van der Waals surface area contributed by atoms with Crippen LogP contribution in [0.15, 0.2) is 64.2 Å². The molecule has 0 saturated heterocycles. The molecule has 0 spiro atoms. The first-order valence-corrected chi connectivity index (χ1v) is 13.9. The smallest absolute Gasteiger partial charge is 0.338 e. The molecule has 1 amide bonds. The lowest BCUT2D eigenvalue weighted by molar-refractivity contribution is 0.0499. The average Bonchev–Trinajstić information content (AvgIpc) is 3.32. The number of amides is 1. The van der Waals surface area contributed by atoms with Crippen LogP contribution in [0.1, 0.15) is 57.7 Å². The quantitative estimate of drug-likeness (QED) is 0.104. The highest BCUT2D eigenvalue weighted by Gasteiger charge is 2.22. The van der Waals surface area contributed by atoms with E-state index >= 15 is 0 Å². The van der Waals surface area contributed by atoms with Gasteiger partial charge in [0.25, 0.3) is 5.91 Å². The Morgan fingerprint density at radius 1 is 1.03 bits per heavy atom. The summed E-state index contributed by atoms with van der Waals surface area (Å²) in [5.74, 6) is -0.428. The molecule has 4 rings (SSSR count). The summed E-state index contributed by atoms with van der Waals surface area (Å²) < 4.78 is 7.81. The summed E-state index contributed by atoms with van der Waals surface area (Å²) in [6.07, 6.45) is 1.76. The molecule has 0 aliphatic carbocycles. The van der Waals surface area contributed by atoms with Crippen LogP contribution in [0.4, 0.5) is 5.69 Å². The minimum atomic E-state index is -0.413. The Kier molecular flexibility index (Phi) is 9.24. The van der Waals surface area contributed by atoms with E-state index in [4.69, 9.17) is 4.74 Å². The molecule has 0 atom stereocenters. The lowest BCUT2D eigenvalue weighted by Crippen LogP contribution is -2.15. The van der Waals surface area contributed by atoms with E-state index in [1.807, 2.05) is 51.1 Å². The zero-order chi connectivity index (χ0) is 27.1. The van der Waals surface area contributed by atoms with Gasteiger partial charge in [0.1, 0.15) is 0 Å². The predicted molar refractivity (Wildman–Crippen MR) is 150 cm³/mol. The maximum Gasteiger partial charge on any atom is 0.338 e. The van der Waals surface area contributed by atoms with Crippen molar-refractivity contribution < 1.29 is 14.3 Å². The summed E-state index contributed by atoms with van der Waals surface area (Å²) in [6.45, 7) is 6.25. The van der Waals surface area contributed by atoms with Crippen molar-refractivity contribution in [3.05, 3.63) is 87.4 Å². The number of aryl methyl sites for hydroxylation is 2. The molecule has 4 aromatic rings. The van der Waals surface area contributed by atoms with Crippen LogP contribution in [-0.4, -0.2) is 43.4 Å². The number of rotatable bonds is 10. The number of hydrogen-bond acceptors (Lipinski definition) is 8. The number of thioether (sulfide) groups is 1. The fourth-order valence-corrected chi connectivity index (χ4v) is 4.77. The maximum atomic E-state index is 13.3. The van der Waals surface area contributed by atoms with E-state index < -0.39 is 5.91 Å². The normalized spacial score (nSPS) is 10.8. The van der Waals surface area contributed by atoms with Gasteiger partial charge in [-0.1, -0.05) is 46.2 Å². The number of halogens is 1. The molecule has 0 radical (unpaired) electrons. The number of aromatic nitrogens is 5. The minimum absolute atomic E-state index is 0.188. The molecule has 9 nitrogen and oxygen atoms in total. The number of unbranched alkanes of at least 4 members (excludes halogenated alkanes) is 1. The van der Waals surface area contributed by atoms with Crippen molar-refractivity contribution >= 4 is 45.3 Å². The van der Waals surface area contributed by atoms with Crippen LogP contribution in [0.25, 0.3) is 5.69 Å². The van der Waals surface area contributed by atoms with Crippen LogP contribution >= 0.6 is 27.7 Å². The Balaban J connectivity index is 1.55. The Bertz CT molecular complexity index is 1400. The summed E-state index contributed by atoms with van der Waals surface area (Å²) in [5, 5.41) is 11.9. The zero-order valence-electron chi connectivity index (χ0n) is 21.3. The summed E-state index contributed by atoms with van der Waals surface area (Å²) in [7, 11) is 0. The lowest BCUT2D eigenvalue weighted by Gasteiger charge is -2.09. The molecule has 196 valence electrons. The van der Waals surface area contributed by atoms with E-state index in [1.165, 1.54) is 11.8 Å². The van der Waals surface area contributed by atoms with Gasteiger partial charge in [-0.25, -0.2) is 19.4 Å². The van der Waals surface area contributed by atoms with Gasteiger partial charge in [0.15, 0.2) is 10.9 Å². The Morgan fingerprint density at radius 2 is 1.71 bits per heavy atom. The van der Waals surface area contributed by atoms with Crippen LogP contribution in [0.3, 0.4) is 0 Å². The number of nitrogens with zero attached hydrogens (tertiary/aromatic N) is 5. The molecule has 2 aromatic heterocycles. The Hall–Kier alpha value is -3.57. The third-order valence-corrected chi connectivity index (χ3v) is 6.85. The molecule has 0 aliphatic rings. The summed E-state index contributed by atoms with van der Waals surface area (Å²) in [6, 6.07) is 16.0. The van der Waals surface area contributed by atoms with Crippen molar-refractivity contribution in [1.82, 2.24) is 25.0 Å². The SMILES string of the molecule is CCCCOC(=O)c1ccc(NC(=O)c2nnn(-c3ccc(Br)cc3)c2CSc2nc(C)cc(C)n2)cc1. The van der Waals surface area contributed by atoms with Crippen molar-refractivity contribution in [2.24, 2.45) is 0 Å². The number of nitrogens with one attached hydrogen (secondary N) is 1. The first-order valence-electron chi connectivity index (χ1n) is 12.1. The molecule has 0 bridgehead atoms. The van der Waals surface area contributed by atoms with Gasteiger partial charge in [0.05, 0.1) is 23.6 Å². The van der Waals surface area contributed by atoms with Crippen molar-refractivity contribution in [2.45, 2.75) is 44.5 Å². The molecule has 11 heteroatoms. The summed E-state index contributed by atoms with van der Waals surface area (Å²) >= 11 is 4.85. The Labute approximate surface area is 233 Å². The molecule has 1 N–H and O–H groups in total. The molecule has 0 fully saturated rings. The van der Waals surface area contributed by atoms with Crippen molar-refractivity contribution in [3.63, 3.8) is 0 Å². The minimum Gasteiger partial charge on any atom is -0.462 e. The van der Waals surface area contributed by atoms with E-state index in [1.54, 1.807) is 28.9 Å². The molecule has 0 saturated carbocycles. The van der Waals surface area contributed by atoms with Gasteiger partial charge < -0.3 is 10.1 Å². The van der Waals surface area contributed by atoms with E-state index in [9.17, 15) is 9.59 Å². The number of hydrogen-bond donors (Lipinski definition) is 1. The Morgan fingerprint density at radius 3 is 2.37 bits per heavy atom. The molecule has 2 heterocycles. The molecular formula is C27H27BrN6O3S. The number of benzene rings is 2. The topological polar surface area (TPSA) is 112 Å². The lowest BCUT2D eigenvalue weighted by atomic mass is 10.2. The highest BCUT2D eigenvalue weighted by atomic mass is 79.9. The highest BCUT2D eigenvalue weighted by Crippen LogP contribution is 2.25.